The average Bonchev–Trinajstić information content (AvgIpc) is 1.70. The molecule has 0 aliphatic rings. The highest BCUT2D eigenvalue weighted by Gasteiger charge is 2.33. The van der Waals surface area contributed by atoms with Gasteiger partial charge in [-0.25, -0.2) is 9.97 Å². The maximum atomic E-state index is 11.6. The van der Waals surface area contributed by atoms with E-state index in [1.807, 2.05) is 195 Å². The number of aliphatic imine (C=N–C) groups is 1. The number of aromatic hydroxyl groups is 8. The molecule has 4 heterocycles. The van der Waals surface area contributed by atoms with Gasteiger partial charge in [0.2, 0.25) is 0 Å². The fourth-order valence-electron chi connectivity index (χ4n) is 14.8. The summed E-state index contributed by atoms with van der Waals surface area (Å²) in [6, 6.07) is 110. The number of phenols is 8. The van der Waals surface area contributed by atoms with E-state index in [2.05, 4.69) is 171 Å². The first kappa shape index (κ1) is 100. The number of benzene rings is 16. The van der Waals surface area contributed by atoms with Gasteiger partial charge in [0.05, 0.1) is 59.0 Å². The summed E-state index contributed by atoms with van der Waals surface area (Å²) < 4.78 is 2.37. The highest BCUT2D eigenvalue weighted by atomic mass is 32.2. The molecule has 21 nitrogen and oxygen atoms in total. The number of anilines is 1. The number of carbonyl (C=O) groups excluding carboxylic acids is 1. The zero-order chi connectivity index (χ0) is 98.7. The number of thiocarbonyl (C=S) groups is 1. The molecular weight excluding hydrogens is 1830 g/mol. The number of phenolic OH excluding ortho intramolecular Hbond substituents is 8. The zero-order valence-electron chi connectivity index (χ0n) is 77.4. The second-order valence-corrected chi connectivity index (χ2v) is 36.6. The van der Waals surface area contributed by atoms with Crippen molar-refractivity contribution in [2.24, 2.45) is 15.2 Å². The zero-order valence-corrected chi connectivity index (χ0v) is 81.6. The summed E-state index contributed by atoms with van der Waals surface area (Å²) in [5, 5.41) is 105. The maximum absolute atomic E-state index is 11.6. The quantitative estimate of drug-likeness (QED) is 0.0141. The number of aromatic nitrogens is 8. The van der Waals surface area contributed by atoms with E-state index in [9.17, 15) is 45.6 Å². The molecule has 4 aromatic heterocycles. The Morgan fingerprint density at radius 1 is 0.489 bits per heavy atom. The van der Waals surface area contributed by atoms with Crippen molar-refractivity contribution in [1.29, 1.82) is 0 Å². The first-order chi connectivity index (χ1) is 66.9. The van der Waals surface area contributed by atoms with Crippen molar-refractivity contribution in [3.63, 3.8) is 0 Å². The van der Waals surface area contributed by atoms with E-state index in [1.165, 1.54) is 52.4 Å². The molecule has 0 unspecified atom stereocenters. The number of fused-ring (bicyclic) bond motifs is 5. The van der Waals surface area contributed by atoms with Crippen molar-refractivity contribution in [2.45, 2.75) is 82.9 Å². The van der Waals surface area contributed by atoms with Crippen LogP contribution in [0.4, 0.5) is 22.7 Å². The molecule has 26 heteroatoms. The number of aryl methyl sites for hydroxylation is 3. The third kappa shape index (κ3) is 26.8. The summed E-state index contributed by atoms with van der Waals surface area (Å²) in [6.45, 7) is 18.4. The van der Waals surface area contributed by atoms with Gasteiger partial charge in [-0.05, 0) is 224 Å². The van der Waals surface area contributed by atoms with Crippen LogP contribution in [0.25, 0.3) is 70.1 Å². The van der Waals surface area contributed by atoms with Gasteiger partial charge < -0.3 is 61.1 Å². The fraction of sp³-hybridized carbons (Fsp3) is 0.0973. The monoisotopic (exact) mass is 1930 g/mol. The molecule has 0 saturated carbocycles. The minimum absolute atomic E-state index is 0.0571. The second-order valence-electron chi connectivity index (χ2n) is 33.0. The lowest BCUT2D eigenvalue weighted by atomic mass is 9.72. The minimum Gasteiger partial charge on any atom is -0.507 e. The Hall–Kier alpha value is -16.1. The smallest absolute Gasteiger partial charge is 0.175 e. The number of hydrogen-bond acceptors (Lipinski definition) is 21. The molecule has 0 radical (unpaired) electrons. The highest BCUT2D eigenvalue weighted by Crippen LogP contribution is 2.47. The number of azo groups is 1. The number of thiol groups is 1. The summed E-state index contributed by atoms with van der Waals surface area (Å²) in [7, 11) is 0. The van der Waals surface area contributed by atoms with Gasteiger partial charge in [0, 0.05) is 39.6 Å². The van der Waals surface area contributed by atoms with E-state index >= 15 is 0 Å². The first-order valence-electron chi connectivity index (χ1n) is 44.0. The lowest BCUT2D eigenvalue weighted by Crippen LogP contribution is -2.24. The van der Waals surface area contributed by atoms with Crippen molar-refractivity contribution in [3.8, 4) is 62.3 Å². The molecular formula is C113H102N12O9S5. The Bertz CT molecular complexity index is 7500. The number of carbonyl (C=O) groups is 1. The van der Waals surface area contributed by atoms with E-state index in [1.54, 1.807) is 139 Å². The molecule has 0 aliphatic heterocycles. The summed E-state index contributed by atoms with van der Waals surface area (Å²) >= 11 is 16.5. The van der Waals surface area contributed by atoms with Crippen molar-refractivity contribution in [3.05, 3.63) is 431 Å². The van der Waals surface area contributed by atoms with Crippen LogP contribution in [0.2, 0.25) is 0 Å². The molecule has 139 heavy (non-hydrogen) atoms. The molecule has 20 rings (SSSR count). The Kier molecular flexibility index (Phi) is 34.2. The van der Waals surface area contributed by atoms with Gasteiger partial charge in [-0.15, -0.1) is 49.2 Å². The number of aromatic amines is 3. The lowest BCUT2D eigenvalue weighted by molar-refractivity contribution is -0.112. The summed E-state index contributed by atoms with van der Waals surface area (Å²) in [5.41, 5.74) is 17.9. The number of imidazole rings is 2. The molecule has 0 spiro atoms. The van der Waals surface area contributed by atoms with Crippen LogP contribution in [-0.4, -0.2) is 97.0 Å². The van der Waals surface area contributed by atoms with E-state index < -0.39 is 5.41 Å². The average molecular weight is 1930 g/mol. The Labute approximate surface area is 829 Å². The van der Waals surface area contributed by atoms with Gasteiger partial charge in [0.1, 0.15) is 84.8 Å². The predicted molar refractivity (Wildman–Crippen MR) is 575 cm³/mol. The summed E-state index contributed by atoms with van der Waals surface area (Å²) in [5.74, 6) is 1.39. The normalized spacial score (nSPS) is 11.1. The molecule has 0 saturated heterocycles. The number of ketones is 1. The third-order valence-corrected chi connectivity index (χ3v) is 25.0. The summed E-state index contributed by atoms with van der Waals surface area (Å²) in [4.78, 5) is 35.2. The number of hydrogen-bond donors (Lipinski definition) is 13. The van der Waals surface area contributed by atoms with Crippen molar-refractivity contribution in [1.82, 2.24) is 39.9 Å². The topological polar surface area (TPSA) is 332 Å². The Balaban J connectivity index is 0.000000139. The minimum atomic E-state index is -0.435. The standard InChI is InChI=1S/C30H29N3O.C20H14O2S.C14H19NO.C13H11NO2.C13H9NOS.C12H10N2O2.C7H6N2S.C4H4N2S2/c1-29(2,21-13-7-5-8-14-21)23-19-24(30(3,4)22-15-9-6-10-16-22)28(34)27(20-23)33-31-25-17-11-12-18-26(25)32-33;21-17-10-9-13-5-3-4-8-16(13)20(17)23-19-12-15-7-2-1-6-14(15)11-18(19)22;1-9-6-10(2)14(11(3)7-9)15-12(4)8-13(5)16;15-12-7-3-1-5-10(12)9-14-11-6-2-4-8-13(11)16;15-11-7-3-1-5-9(11)13-14-10-6-2-4-8-12(10)16-13;15-11-7-3-1-5-9(11)13-14-10-6-2-4-8-12(10)16;10-7-8-5-3-1-2-4-6(5)9-7;7-4(8)3-1-5-2-6-3/h5-20,34H,1-4H3;1-12,21-22H;6-8,15H,1-5H3;1-9,15-16H;1-8,15H;1-8,15-16H;1-4H,(H2,8,9,10);1-2H,(H,5,6)(H,7,8). The van der Waals surface area contributed by atoms with Crippen LogP contribution in [0.3, 0.4) is 0 Å². The number of para-hydroxylation sites is 9. The van der Waals surface area contributed by atoms with Gasteiger partial charge in [0.25, 0.3) is 0 Å². The van der Waals surface area contributed by atoms with Crippen LogP contribution in [0.15, 0.2) is 401 Å². The number of rotatable bonds is 16. The first-order valence-corrected chi connectivity index (χ1v) is 46.9. The van der Waals surface area contributed by atoms with E-state index in [0.717, 1.165) is 108 Å². The van der Waals surface area contributed by atoms with Crippen molar-refractivity contribution < 1.29 is 45.6 Å². The SMILES string of the molecule is CC(=O)C=C(C)Nc1c(C)cc(C)cc1C.CC(C)(c1ccccc1)c1cc(-n2nc3ccccc3n2)c(O)c(C(C)(C)c2ccccc2)c1.Oc1cc2ccccc2cc1Sc1c(O)ccc2ccccc12.Oc1ccccc1-c1nc2ccccc2s1.Oc1ccccc1C=Nc1ccccc1O.Oc1ccccc1N=Nc1ccccc1O.S=C(S)c1cnc[nH]1.S=c1[nH]c2ccccc2[nH]1. The van der Waals surface area contributed by atoms with Gasteiger partial charge in [-0.1, -0.05) is 288 Å². The van der Waals surface area contributed by atoms with Crippen LogP contribution in [0.1, 0.15) is 91.7 Å². The number of allylic oxidation sites excluding steroid dienone is 2. The molecule has 698 valence electrons. The molecule has 20 aromatic rings. The van der Waals surface area contributed by atoms with Gasteiger partial charge in [-0.3, -0.25) is 9.79 Å². The molecule has 0 bridgehead atoms. The van der Waals surface area contributed by atoms with E-state index in [4.69, 9.17) is 24.4 Å². The van der Waals surface area contributed by atoms with Crippen molar-refractivity contribution >= 4 is 153 Å². The van der Waals surface area contributed by atoms with Crippen LogP contribution in [-0.2, 0) is 15.6 Å². The molecule has 0 amide bonds. The van der Waals surface area contributed by atoms with Crippen molar-refractivity contribution in [2.75, 3.05) is 5.32 Å². The van der Waals surface area contributed by atoms with Gasteiger partial charge in [0.15, 0.2) is 10.6 Å². The lowest BCUT2D eigenvalue weighted by Gasteiger charge is -2.32. The van der Waals surface area contributed by atoms with Gasteiger partial charge >= 0.3 is 0 Å². The third-order valence-electron chi connectivity index (χ3n) is 22.1. The number of thiazole rings is 1. The van der Waals surface area contributed by atoms with E-state index in [-0.39, 0.29) is 57.2 Å². The van der Waals surface area contributed by atoms with E-state index in [0.29, 0.717) is 37.3 Å². The molecule has 0 fully saturated rings. The number of nitrogens with one attached hydrogen (secondary N) is 4. The van der Waals surface area contributed by atoms with Gasteiger partial charge in [-0.2, -0.15) is 0 Å². The largest absolute Gasteiger partial charge is 0.507 e. The number of nitrogens with zero attached hydrogens (tertiary/aromatic N) is 8. The number of H-pyrrole nitrogens is 3. The predicted octanol–water partition coefficient (Wildman–Crippen LogP) is 29.1. The maximum Gasteiger partial charge on any atom is 0.175 e. The Morgan fingerprint density at radius 2 is 0.978 bits per heavy atom. The highest BCUT2D eigenvalue weighted by molar-refractivity contribution is 8.11. The van der Waals surface area contributed by atoms with Crippen LogP contribution in [0, 0.1) is 25.5 Å². The second kappa shape index (κ2) is 47.4. The fourth-order valence-corrected chi connectivity index (χ4v) is 17.3. The van der Waals surface area contributed by atoms with Crippen LogP contribution in [0.5, 0.6) is 46.0 Å². The molecule has 0 aliphatic carbocycles. The molecule has 12 N–H and O–H groups in total. The Morgan fingerprint density at radius 3 is 1.52 bits per heavy atom. The summed E-state index contributed by atoms with van der Waals surface area (Å²) in [6.07, 6.45) is 6.33. The molecule has 0 atom stereocenters. The van der Waals surface area contributed by atoms with Crippen LogP contribution >= 0.6 is 60.2 Å². The van der Waals surface area contributed by atoms with Crippen LogP contribution < -0.4 is 5.32 Å². The molecule has 16 aromatic carbocycles.